The molecule has 0 aromatic carbocycles. The number of aliphatic hydroxyl groups is 1. The molecule has 17 heteroatoms. The zero-order valence-corrected chi connectivity index (χ0v) is 16.2. The lowest BCUT2D eigenvalue weighted by molar-refractivity contribution is -0.245. The molecule has 4 rings (SSSR count). The average molecular weight is 446 g/mol. The van der Waals surface area contributed by atoms with Gasteiger partial charge in [0.15, 0.2) is 22.5 Å². The van der Waals surface area contributed by atoms with E-state index in [4.69, 9.17) is 20.5 Å². The van der Waals surface area contributed by atoms with E-state index in [1.54, 1.807) is 0 Å². The van der Waals surface area contributed by atoms with Gasteiger partial charge in [-0.2, -0.15) is 4.98 Å². The Bertz CT molecular complexity index is 1110. The number of anilines is 1. The molecule has 0 spiro atoms. The first kappa shape index (κ1) is 20.1. The van der Waals surface area contributed by atoms with Crippen molar-refractivity contribution in [1.29, 1.82) is 0 Å². The van der Waals surface area contributed by atoms with Crippen LogP contribution in [0.4, 0.5) is 5.95 Å². The fourth-order valence-corrected chi connectivity index (χ4v) is 4.87. The molecule has 2 aliphatic heterocycles. The van der Waals surface area contributed by atoms with Crippen molar-refractivity contribution in [2.24, 2.45) is 5.11 Å². The number of thioether (sulfide) groups is 1. The summed E-state index contributed by atoms with van der Waals surface area (Å²) in [6.45, 7) is -0.187. The second-order valence-electron chi connectivity index (χ2n) is 6.06. The molecule has 29 heavy (non-hydrogen) atoms. The topological polar surface area (TPSA) is 226 Å². The number of nitrogens with one attached hydrogen (secondary N) is 1. The number of nitrogens with zero attached hydrogens (tertiary/aromatic N) is 6. The maximum atomic E-state index is 12.2. The van der Waals surface area contributed by atoms with E-state index in [2.05, 4.69) is 29.5 Å². The summed E-state index contributed by atoms with van der Waals surface area (Å²) in [7, 11) is -4.56. The Hall–Kier alpha value is -2.16. The lowest BCUT2D eigenvalue weighted by Crippen LogP contribution is -2.41. The number of phosphoric ester groups is 1. The molecule has 15 nitrogen and oxygen atoms in total. The molecule has 5 atom stereocenters. The molecule has 2 aromatic rings. The van der Waals surface area contributed by atoms with E-state index in [0.29, 0.717) is 5.75 Å². The Balaban J connectivity index is 0.00000256. The monoisotopic (exact) mass is 446 g/mol. The van der Waals surface area contributed by atoms with Gasteiger partial charge in [0.25, 0.3) is 13.4 Å². The van der Waals surface area contributed by atoms with E-state index >= 15 is 0 Å². The normalized spacial score (nSPS) is 31.5. The van der Waals surface area contributed by atoms with Crippen LogP contribution in [0.25, 0.3) is 21.6 Å². The van der Waals surface area contributed by atoms with Gasteiger partial charge < -0.3 is 29.5 Å². The smallest absolute Gasteiger partial charge is 0.756 e. The summed E-state index contributed by atoms with van der Waals surface area (Å²) >= 11 is 1.12. The van der Waals surface area contributed by atoms with E-state index in [1.165, 1.54) is 4.57 Å². The third-order valence-electron chi connectivity index (χ3n) is 4.23. The number of aliphatic hydroxyl groups excluding tert-OH is 1. The summed E-state index contributed by atoms with van der Waals surface area (Å²) in [5.74, 6) is 0.133. The van der Waals surface area contributed by atoms with Gasteiger partial charge in [-0.3, -0.25) is 18.9 Å². The van der Waals surface area contributed by atoms with Gasteiger partial charge in [0, 0.05) is 17.2 Å². The summed E-state index contributed by atoms with van der Waals surface area (Å²) in [5.41, 5.74) is 13.4. The average Bonchev–Trinajstić information content (AvgIpc) is 3.16. The number of phosphoric acid groups is 1. The Labute approximate surface area is 166 Å². The molecule has 2 fully saturated rings. The second-order valence-corrected chi connectivity index (χ2v) is 8.48. The molecular formula is C12H15N8O7PS. The van der Waals surface area contributed by atoms with Crippen LogP contribution in [0.1, 0.15) is 7.65 Å². The number of imidazole rings is 1. The van der Waals surface area contributed by atoms with Crippen molar-refractivity contribution in [3.05, 3.63) is 20.8 Å². The van der Waals surface area contributed by atoms with Gasteiger partial charge in [-0.1, -0.05) is 16.9 Å². The third-order valence-corrected chi connectivity index (χ3v) is 6.13. The maximum Gasteiger partial charge on any atom is 1.00 e. The van der Waals surface area contributed by atoms with Gasteiger partial charge in [0.2, 0.25) is 5.95 Å². The highest BCUT2D eigenvalue weighted by atomic mass is 32.2. The van der Waals surface area contributed by atoms with E-state index in [9.17, 15) is 19.4 Å². The van der Waals surface area contributed by atoms with Crippen LogP contribution in [0.15, 0.2) is 15.1 Å². The molecule has 0 aliphatic carbocycles. The number of aromatic nitrogens is 4. The number of nitrogen functional groups attached to an aromatic ring is 1. The van der Waals surface area contributed by atoms with Gasteiger partial charge in [-0.05, 0) is 5.53 Å². The Morgan fingerprint density at radius 2 is 2.38 bits per heavy atom. The predicted octanol–water partition coefficient (Wildman–Crippen LogP) is -0.641. The van der Waals surface area contributed by atoms with Gasteiger partial charge in [-0.25, -0.2) is 4.98 Å². The molecular weight excluding hydrogens is 431 g/mol. The molecule has 4 heterocycles. The Morgan fingerprint density at radius 1 is 1.59 bits per heavy atom. The highest BCUT2D eigenvalue weighted by Gasteiger charge is 2.51. The first-order chi connectivity index (χ1) is 13.8. The molecule has 2 saturated heterocycles. The number of ether oxygens (including phenoxy) is 1. The first-order valence-electron chi connectivity index (χ1n) is 8.19. The van der Waals surface area contributed by atoms with Crippen LogP contribution < -0.4 is 16.2 Å². The molecule has 156 valence electrons. The molecule has 0 bridgehead atoms. The third kappa shape index (κ3) is 3.72. The van der Waals surface area contributed by atoms with Crippen LogP contribution in [0.2, 0.25) is 0 Å². The van der Waals surface area contributed by atoms with Crippen LogP contribution in [-0.2, 0) is 18.3 Å². The lowest BCUT2D eigenvalue weighted by atomic mass is 10.1. The van der Waals surface area contributed by atoms with Gasteiger partial charge in [-0.15, -0.1) is 0 Å². The van der Waals surface area contributed by atoms with Crippen molar-refractivity contribution >= 4 is 36.7 Å². The van der Waals surface area contributed by atoms with Gasteiger partial charge >= 0.3 is 1.43 Å². The zero-order chi connectivity index (χ0) is 20.8. The number of hydrogen-bond acceptors (Lipinski definition) is 12. The highest BCUT2D eigenvalue weighted by Crippen LogP contribution is 2.50. The largest absolute Gasteiger partial charge is 1.00 e. The molecule has 0 saturated carbocycles. The summed E-state index contributed by atoms with van der Waals surface area (Å²) in [4.78, 5) is 37.1. The minimum atomic E-state index is -4.56. The number of rotatable bonds is 5. The summed E-state index contributed by atoms with van der Waals surface area (Å²) in [5, 5.41) is 14.3. The van der Waals surface area contributed by atoms with Crippen LogP contribution in [0.3, 0.4) is 0 Å². The highest BCUT2D eigenvalue weighted by molar-refractivity contribution is 7.99. The first-order valence-corrected chi connectivity index (χ1v) is 10.6. The minimum absolute atomic E-state index is 0. The lowest BCUT2D eigenvalue weighted by Gasteiger charge is -2.34. The van der Waals surface area contributed by atoms with Crippen LogP contribution in [0, 0.1) is 0 Å². The molecule has 0 radical (unpaired) electrons. The molecule has 4 N–H and O–H groups in total. The van der Waals surface area contributed by atoms with E-state index in [-0.39, 0.29) is 36.8 Å². The number of fused-ring (bicyclic) bond motifs is 2. The number of nitrogens with two attached hydrogens (primary N) is 1. The van der Waals surface area contributed by atoms with Gasteiger partial charge in [0.05, 0.1) is 6.61 Å². The summed E-state index contributed by atoms with van der Waals surface area (Å²) in [6, 6.07) is 0. The SMILES string of the molecule is [H+].[N-]=[N+]=NCCSc1nc2c(=O)[nH]c(N)nc2n1[C@@H]1OC2COP(=O)([O-])O[C@H]2C1O. The molecule has 2 aromatic heterocycles. The Morgan fingerprint density at radius 3 is 3.14 bits per heavy atom. The fraction of sp³-hybridized carbons (Fsp3) is 0.583. The zero-order valence-electron chi connectivity index (χ0n) is 15.4. The van der Waals surface area contributed by atoms with Crippen molar-refractivity contribution in [2.75, 3.05) is 24.6 Å². The van der Waals surface area contributed by atoms with E-state index < -0.39 is 37.9 Å². The quantitative estimate of drug-likeness (QED) is 0.131. The van der Waals surface area contributed by atoms with E-state index in [0.717, 1.165) is 11.8 Å². The fourth-order valence-electron chi connectivity index (χ4n) is 3.08. The number of azide groups is 1. The Kier molecular flexibility index (Phi) is 5.27. The van der Waals surface area contributed by atoms with Crippen molar-refractivity contribution in [2.45, 2.75) is 29.7 Å². The van der Waals surface area contributed by atoms with Gasteiger partial charge in [0.1, 0.15) is 18.3 Å². The molecule has 0 amide bonds. The minimum Gasteiger partial charge on any atom is -0.756 e. The molecule has 3 unspecified atom stereocenters. The second kappa shape index (κ2) is 7.59. The standard InChI is InChI=1S/C12H15N8O7PS/c13-11-17-8-5(9(22)18-11)16-12(29-2-1-15-19-14)20(8)10-6(21)7-4(26-10)3-25-28(23,24)27-7/h4,6-7,10,21H,1-3H2,(H,23,24)(H3,13,17,18,22)/t4?,6?,7-,10-/m1/s1. The molecule has 2 aliphatic rings. The van der Waals surface area contributed by atoms with Crippen molar-refractivity contribution in [1.82, 2.24) is 19.5 Å². The summed E-state index contributed by atoms with van der Waals surface area (Å²) in [6.07, 6.45) is -4.67. The maximum absolute atomic E-state index is 12.2. The van der Waals surface area contributed by atoms with Crippen LogP contribution in [0.5, 0.6) is 0 Å². The van der Waals surface area contributed by atoms with Crippen LogP contribution >= 0.6 is 19.6 Å². The van der Waals surface area contributed by atoms with Crippen molar-refractivity contribution in [3.8, 4) is 0 Å². The number of hydrogen-bond donors (Lipinski definition) is 3. The number of aromatic amines is 1. The van der Waals surface area contributed by atoms with E-state index in [1.807, 2.05) is 0 Å². The predicted molar refractivity (Wildman–Crippen MR) is 96.8 cm³/mol. The summed E-state index contributed by atoms with van der Waals surface area (Å²) < 4.78 is 28.1. The van der Waals surface area contributed by atoms with Crippen LogP contribution in [-0.4, -0.2) is 61.8 Å². The van der Waals surface area contributed by atoms with Crippen molar-refractivity contribution < 1.29 is 29.8 Å². The van der Waals surface area contributed by atoms with Crippen molar-refractivity contribution in [3.63, 3.8) is 0 Å². The number of H-pyrrole nitrogens is 1.